The van der Waals surface area contributed by atoms with Gasteiger partial charge in [0.05, 0.1) is 11.5 Å². The Morgan fingerprint density at radius 3 is 2.33 bits per heavy atom. The number of esters is 1. The lowest BCUT2D eigenvalue weighted by molar-refractivity contribution is 0.0512. The maximum Gasteiger partial charge on any atom is 0.361 e. The summed E-state index contributed by atoms with van der Waals surface area (Å²) < 4.78 is 35.1. The number of carbonyl (C=O) groups excluding carboxylic acids is 2. The SMILES string of the molecule is CCOC(=O)c1noc(C2(C)CC2)c1C(=O)c1ccccc1Cc1ccccc1S(C)(=O)=O. The highest BCUT2D eigenvalue weighted by Gasteiger charge is 2.47. The molecule has 2 aromatic carbocycles. The summed E-state index contributed by atoms with van der Waals surface area (Å²) in [5, 5.41) is 3.90. The van der Waals surface area contributed by atoms with Crippen LogP contribution < -0.4 is 0 Å². The van der Waals surface area contributed by atoms with Gasteiger partial charge in [-0.05, 0) is 43.4 Å². The van der Waals surface area contributed by atoms with Crippen molar-refractivity contribution in [2.45, 2.75) is 43.4 Å². The number of rotatable bonds is 8. The Bertz CT molecular complexity index is 1330. The Labute approximate surface area is 192 Å². The fraction of sp³-hybridized carbons (Fsp3) is 0.320. The molecule has 33 heavy (non-hydrogen) atoms. The molecule has 0 unspecified atom stereocenters. The normalized spacial score (nSPS) is 14.6. The summed E-state index contributed by atoms with van der Waals surface area (Å²) in [6, 6.07) is 13.7. The Balaban J connectivity index is 1.80. The number of hydrogen-bond donors (Lipinski definition) is 0. The molecule has 0 amide bonds. The van der Waals surface area contributed by atoms with Gasteiger partial charge in [-0.3, -0.25) is 4.79 Å². The molecule has 0 radical (unpaired) electrons. The summed E-state index contributed by atoms with van der Waals surface area (Å²) >= 11 is 0. The van der Waals surface area contributed by atoms with Gasteiger partial charge in [0.15, 0.2) is 21.4 Å². The number of sulfone groups is 1. The molecule has 1 aromatic heterocycles. The van der Waals surface area contributed by atoms with Gasteiger partial charge >= 0.3 is 5.97 Å². The standard InChI is InChI=1S/C25H25NO6S/c1-4-31-24(28)21-20(23(32-26-21)25(2)13-14-25)22(27)18-11-7-5-9-16(18)15-17-10-6-8-12-19(17)33(3,29)30/h5-12H,4,13-15H2,1-3H3. The molecule has 0 N–H and O–H groups in total. The zero-order valence-electron chi connectivity index (χ0n) is 18.8. The number of carbonyl (C=O) groups is 2. The highest BCUT2D eigenvalue weighted by atomic mass is 32.2. The average Bonchev–Trinajstić information content (AvgIpc) is 3.35. The molecular formula is C25H25NO6S. The van der Waals surface area contributed by atoms with E-state index in [9.17, 15) is 18.0 Å². The maximum absolute atomic E-state index is 13.8. The molecule has 0 bridgehead atoms. The summed E-state index contributed by atoms with van der Waals surface area (Å²) in [6.07, 6.45) is 3.05. The lowest BCUT2D eigenvalue weighted by atomic mass is 9.90. The molecule has 1 aliphatic carbocycles. The highest BCUT2D eigenvalue weighted by molar-refractivity contribution is 7.90. The van der Waals surface area contributed by atoms with E-state index >= 15 is 0 Å². The van der Waals surface area contributed by atoms with Crippen molar-refractivity contribution >= 4 is 21.6 Å². The minimum atomic E-state index is -3.44. The summed E-state index contributed by atoms with van der Waals surface area (Å²) in [4.78, 5) is 26.5. The van der Waals surface area contributed by atoms with E-state index in [1.165, 1.54) is 0 Å². The molecule has 1 saturated carbocycles. The molecule has 4 rings (SSSR count). The number of aromatic nitrogens is 1. The van der Waals surface area contributed by atoms with Gasteiger partial charge in [0.2, 0.25) is 5.69 Å². The van der Waals surface area contributed by atoms with Gasteiger partial charge in [0.25, 0.3) is 0 Å². The van der Waals surface area contributed by atoms with Crippen LogP contribution in [0.3, 0.4) is 0 Å². The van der Waals surface area contributed by atoms with E-state index in [1.807, 2.05) is 6.92 Å². The molecule has 8 heteroatoms. The van der Waals surface area contributed by atoms with E-state index in [0.717, 1.165) is 19.1 Å². The van der Waals surface area contributed by atoms with Crippen LogP contribution in [-0.4, -0.2) is 38.2 Å². The largest absolute Gasteiger partial charge is 0.461 e. The number of hydrogen-bond acceptors (Lipinski definition) is 7. The van der Waals surface area contributed by atoms with Gasteiger partial charge in [0, 0.05) is 17.2 Å². The summed E-state index contributed by atoms with van der Waals surface area (Å²) in [6.45, 7) is 3.79. The van der Waals surface area contributed by atoms with Crippen molar-refractivity contribution in [3.8, 4) is 0 Å². The minimum absolute atomic E-state index is 0.122. The van der Waals surface area contributed by atoms with Gasteiger partial charge in [0.1, 0.15) is 5.56 Å². The first kappa shape index (κ1) is 22.9. The predicted octanol–water partition coefficient (Wildman–Crippen LogP) is 4.13. The summed E-state index contributed by atoms with van der Waals surface area (Å²) in [5.74, 6) is -0.711. The first-order valence-corrected chi connectivity index (χ1v) is 12.6. The van der Waals surface area contributed by atoms with Crippen LogP contribution in [0.15, 0.2) is 57.9 Å². The van der Waals surface area contributed by atoms with E-state index in [2.05, 4.69) is 5.16 Å². The van der Waals surface area contributed by atoms with E-state index in [4.69, 9.17) is 9.26 Å². The van der Waals surface area contributed by atoms with Crippen molar-refractivity contribution in [2.24, 2.45) is 0 Å². The quantitative estimate of drug-likeness (QED) is 0.362. The molecule has 0 atom stereocenters. The Morgan fingerprint density at radius 2 is 1.70 bits per heavy atom. The van der Waals surface area contributed by atoms with E-state index in [-0.39, 0.29) is 34.6 Å². The van der Waals surface area contributed by atoms with Gasteiger partial charge in [-0.25, -0.2) is 13.2 Å². The number of nitrogens with zero attached hydrogens (tertiary/aromatic N) is 1. The van der Waals surface area contributed by atoms with Gasteiger partial charge in [-0.1, -0.05) is 54.5 Å². The second-order valence-corrected chi connectivity index (χ2v) is 10.5. The second-order valence-electron chi connectivity index (χ2n) is 8.56. The third-order valence-corrected chi connectivity index (χ3v) is 7.15. The lowest BCUT2D eigenvalue weighted by Crippen LogP contribution is -2.16. The lowest BCUT2D eigenvalue weighted by Gasteiger charge is -2.13. The topological polar surface area (TPSA) is 104 Å². The number of ketones is 1. The number of ether oxygens (including phenoxy) is 1. The van der Waals surface area contributed by atoms with Crippen LogP contribution in [0.5, 0.6) is 0 Å². The molecule has 0 spiro atoms. The first-order valence-electron chi connectivity index (χ1n) is 10.7. The highest BCUT2D eigenvalue weighted by Crippen LogP contribution is 2.49. The Morgan fingerprint density at radius 1 is 1.06 bits per heavy atom. The van der Waals surface area contributed by atoms with Crippen LogP contribution in [0.1, 0.15) is 70.0 Å². The van der Waals surface area contributed by atoms with Crippen molar-refractivity contribution in [3.05, 3.63) is 82.2 Å². The third-order valence-electron chi connectivity index (χ3n) is 5.95. The zero-order chi connectivity index (χ0) is 23.8. The Kier molecular flexibility index (Phi) is 5.97. The van der Waals surface area contributed by atoms with E-state index < -0.39 is 21.6 Å². The van der Waals surface area contributed by atoms with Gasteiger partial charge in [-0.2, -0.15) is 0 Å². The fourth-order valence-corrected chi connectivity index (χ4v) is 4.86. The van der Waals surface area contributed by atoms with Crippen LogP contribution >= 0.6 is 0 Å². The third kappa shape index (κ3) is 4.48. The van der Waals surface area contributed by atoms with E-state index in [1.54, 1.807) is 55.5 Å². The minimum Gasteiger partial charge on any atom is -0.461 e. The van der Waals surface area contributed by atoms with Gasteiger partial charge < -0.3 is 9.26 Å². The second kappa shape index (κ2) is 8.59. The molecule has 0 saturated heterocycles. The molecule has 7 nitrogen and oxygen atoms in total. The monoisotopic (exact) mass is 467 g/mol. The van der Waals surface area contributed by atoms with Crippen molar-refractivity contribution in [3.63, 3.8) is 0 Å². The molecule has 1 aliphatic rings. The number of benzene rings is 2. The van der Waals surface area contributed by atoms with Crippen LogP contribution in [0, 0.1) is 0 Å². The van der Waals surface area contributed by atoms with Crippen LogP contribution in [0.2, 0.25) is 0 Å². The predicted molar refractivity (Wildman–Crippen MR) is 121 cm³/mol. The molecule has 0 aliphatic heterocycles. The molecule has 1 fully saturated rings. The van der Waals surface area contributed by atoms with Crippen LogP contribution in [0.4, 0.5) is 0 Å². The van der Waals surface area contributed by atoms with E-state index in [0.29, 0.717) is 22.5 Å². The molecule has 172 valence electrons. The van der Waals surface area contributed by atoms with Gasteiger partial charge in [-0.15, -0.1) is 0 Å². The van der Waals surface area contributed by atoms with Crippen molar-refractivity contribution in [1.82, 2.24) is 5.16 Å². The van der Waals surface area contributed by atoms with Crippen LogP contribution in [-0.2, 0) is 26.4 Å². The average molecular weight is 468 g/mol. The molecule has 1 heterocycles. The van der Waals surface area contributed by atoms with Crippen molar-refractivity contribution < 1.29 is 27.3 Å². The smallest absolute Gasteiger partial charge is 0.361 e. The Hall–Kier alpha value is -3.26. The summed E-state index contributed by atoms with van der Waals surface area (Å²) in [7, 11) is -3.44. The van der Waals surface area contributed by atoms with Crippen molar-refractivity contribution in [1.29, 1.82) is 0 Å². The maximum atomic E-state index is 13.8. The molecule has 3 aromatic rings. The van der Waals surface area contributed by atoms with Crippen LogP contribution in [0.25, 0.3) is 0 Å². The molecular weight excluding hydrogens is 442 g/mol. The first-order chi connectivity index (χ1) is 15.7. The zero-order valence-corrected chi connectivity index (χ0v) is 19.6. The summed E-state index contributed by atoms with van der Waals surface area (Å²) in [5.41, 5.74) is 1.24. The fourth-order valence-electron chi connectivity index (χ4n) is 3.91. The van der Waals surface area contributed by atoms with Crippen molar-refractivity contribution in [2.75, 3.05) is 12.9 Å².